The van der Waals surface area contributed by atoms with Crippen molar-refractivity contribution in [1.29, 1.82) is 0 Å². The Labute approximate surface area is 216 Å². The standard InChI is InChI=1S/C25H30N8O2S/c1-5-15(2)33(30-12-18-8-9-19(36)13-27-18)24-21(26-10-11-34)16(3)31-23(32-24)20-22(17-6-7-17)28-14-29-25(20)35-4/h8-11,13-15,17,30,36H,5-7,12H2,1-4H3. The van der Waals surface area contributed by atoms with Gasteiger partial charge in [-0.1, -0.05) is 6.92 Å². The molecule has 1 N–H and O–H groups in total. The number of anilines is 1. The molecule has 4 rings (SSSR count). The number of pyridine rings is 1. The maximum absolute atomic E-state index is 11.1. The molecule has 188 valence electrons. The van der Waals surface area contributed by atoms with Crippen molar-refractivity contribution in [2.75, 3.05) is 12.1 Å². The summed E-state index contributed by atoms with van der Waals surface area (Å²) in [5.74, 6) is 1.77. The Bertz CT molecular complexity index is 1250. The van der Waals surface area contributed by atoms with Gasteiger partial charge in [-0.25, -0.2) is 30.4 Å². The van der Waals surface area contributed by atoms with E-state index in [0.717, 1.165) is 35.5 Å². The average Bonchev–Trinajstić information content (AvgIpc) is 3.74. The van der Waals surface area contributed by atoms with Crippen LogP contribution in [0.3, 0.4) is 0 Å². The molecule has 0 radical (unpaired) electrons. The highest BCUT2D eigenvalue weighted by molar-refractivity contribution is 7.80. The Hall–Kier alpha value is -3.44. The number of hydrazine groups is 1. The lowest BCUT2D eigenvalue weighted by Gasteiger charge is -2.31. The molecule has 1 atom stereocenters. The first kappa shape index (κ1) is 25.6. The fourth-order valence-corrected chi connectivity index (χ4v) is 3.94. The number of ether oxygens (including phenoxy) is 1. The summed E-state index contributed by atoms with van der Waals surface area (Å²) in [4.78, 5) is 39.3. The van der Waals surface area contributed by atoms with Gasteiger partial charge < -0.3 is 4.74 Å². The highest BCUT2D eigenvalue weighted by atomic mass is 32.1. The number of carbonyl (C=O) groups excluding carboxylic acids is 1. The van der Waals surface area contributed by atoms with E-state index in [1.807, 2.05) is 24.1 Å². The zero-order valence-electron chi connectivity index (χ0n) is 20.8. The van der Waals surface area contributed by atoms with Gasteiger partial charge in [0.2, 0.25) is 5.88 Å². The molecule has 10 nitrogen and oxygen atoms in total. The van der Waals surface area contributed by atoms with Crippen LogP contribution < -0.4 is 15.2 Å². The summed E-state index contributed by atoms with van der Waals surface area (Å²) in [6.07, 6.45) is 8.01. The normalized spacial score (nSPS) is 14.1. The molecule has 0 aromatic carbocycles. The minimum atomic E-state index is 0.0401. The maximum atomic E-state index is 11.1. The minimum Gasteiger partial charge on any atom is -0.480 e. The predicted octanol–water partition coefficient (Wildman–Crippen LogP) is 4.02. The number of nitrogens with zero attached hydrogens (tertiary/aromatic N) is 7. The third-order valence-corrected chi connectivity index (χ3v) is 6.29. The van der Waals surface area contributed by atoms with Crippen LogP contribution >= 0.6 is 12.6 Å². The van der Waals surface area contributed by atoms with Crippen LogP contribution in [-0.2, 0) is 11.3 Å². The summed E-state index contributed by atoms with van der Waals surface area (Å²) >= 11 is 4.32. The van der Waals surface area contributed by atoms with Gasteiger partial charge in [0.1, 0.15) is 17.6 Å². The molecule has 3 heterocycles. The van der Waals surface area contributed by atoms with Gasteiger partial charge in [0.25, 0.3) is 0 Å². The molecule has 36 heavy (non-hydrogen) atoms. The lowest BCUT2D eigenvalue weighted by atomic mass is 10.1. The molecule has 1 aliphatic rings. The second kappa shape index (κ2) is 11.5. The van der Waals surface area contributed by atoms with Crippen molar-refractivity contribution in [3.63, 3.8) is 0 Å². The summed E-state index contributed by atoms with van der Waals surface area (Å²) in [7, 11) is 1.58. The van der Waals surface area contributed by atoms with Crippen molar-refractivity contribution in [1.82, 2.24) is 30.3 Å². The predicted molar refractivity (Wildman–Crippen MR) is 141 cm³/mol. The van der Waals surface area contributed by atoms with Crippen molar-refractivity contribution in [3.05, 3.63) is 41.7 Å². The Morgan fingerprint density at radius 2 is 2.08 bits per heavy atom. The van der Waals surface area contributed by atoms with E-state index in [9.17, 15) is 4.79 Å². The van der Waals surface area contributed by atoms with E-state index < -0.39 is 0 Å². The first-order valence-corrected chi connectivity index (χ1v) is 12.3. The van der Waals surface area contributed by atoms with Crippen LogP contribution in [-0.4, -0.2) is 50.6 Å². The molecule has 3 aromatic heterocycles. The van der Waals surface area contributed by atoms with E-state index >= 15 is 0 Å². The van der Waals surface area contributed by atoms with E-state index in [0.29, 0.717) is 53.2 Å². The van der Waals surface area contributed by atoms with Gasteiger partial charge in [0.15, 0.2) is 17.9 Å². The van der Waals surface area contributed by atoms with Crippen LogP contribution in [0.15, 0.2) is 34.5 Å². The van der Waals surface area contributed by atoms with Crippen molar-refractivity contribution < 1.29 is 9.53 Å². The van der Waals surface area contributed by atoms with E-state index in [1.54, 1.807) is 13.3 Å². The van der Waals surface area contributed by atoms with Crippen molar-refractivity contribution in [2.45, 2.75) is 63.4 Å². The van der Waals surface area contributed by atoms with E-state index in [1.165, 1.54) is 12.5 Å². The highest BCUT2D eigenvalue weighted by Crippen LogP contribution is 2.45. The summed E-state index contributed by atoms with van der Waals surface area (Å²) in [5.41, 5.74) is 6.99. The summed E-state index contributed by atoms with van der Waals surface area (Å²) in [6.45, 7) is 6.49. The van der Waals surface area contributed by atoms with Crippen LogP contribution in [0.2, 0.25) is 0 Å². The fourth-order valence-electron chi connectivity index (χ4n) is 3.81. The molecular weight excluding hydrogens is 476 g/mol. The Morgan fingerprint density at radius 1 is 1.28 bits per heavy atom. The number of thiol groups is 1. The molecular formula is C25H30N8O2S. The number of hydrogen-bond acceptors (Lipinski definition) is 11. The van der Waals surface area contributed by atoms with Gasteiger partial charge in [0.05, 0.1) is 37.0 Å². The number of aryl methyl sites for hydroxylation is 1. The van der Waals surface area contributed by atoms with Crippen LogP contribution in [0, 0.1) is 6.92 Å². The van der Waals surface area contributed by atoms with Gasteiger partial charge in [-0.2, -0.15) is 0 Å². The second-order valence-corrected chi connectivity index (χ2v) is 9.12. The first-order chi connectivity index (χ1) is 17.5. The Balaban J connectivity index is 1.84. The molecule has 0 spiro atoms. The summed E-state index contributed by atoms with van der Waals surface area (Å²) in [6, 6.07) is 3.85. The van der Waals surface area contributed by atoms with Crippen LogP contribution in [0.1, 0.15) is 56.1 Å². The minimum absolute atomic E-state index is 0.0401. The first-order valence-electron chi connectivity index (χ1n) is 11.9. The molecule has 11 heteroatoms. The number of rotatable bonds is 11. The van der Waals surface area contributed by atoms with Gasteiger partial charge in [-0.15, -0.1) is 12.6 Å². The smallest absolute Gasteiger partial charge is 0.227 e. The van der Waals surface area contributed by atoms with Crippen molar-refractivity contribution >= 4 is 36.6 Å². The van der Waals surface area contributed by atoms with Gasteiger partial charge in [-0.05, 0) is 45.2 Å². The summed E-state index contributed by atoms with van der Waals surface area (Å²) in [5, 5.41) is 1.96. The number of nitrogens with one attached hydrogen (secondary N) is 1. The van der Waals surface area contributed by atoms with Crippen LogP contribution in [0.5, 0.6) is 5.88 Å². The van der Waals surface area contributed by atoms with Gasteiger partial charge >= 0.3 is 0 Å². The maximum Gasteiger partial charge on any atom is 0.227 e. The number of aromatic nitrogens is 5. The molecule has 1 unspecified atom stereocenters. The quantitative estimate of drug-likeness (QED) is 0.172. The third kappa shape index (κ3) is 5.68. The Morgan fingerprint density at radius 3 is 2.72 bits per heavy atom. The van der Waals surface area contributed by atoms with Crippen molar-refractivity contribution in [3.8, 4) is 17.3 Å². The van der Waals surface area contributed by atoms with Gasteiger partial charge in [-0.3, -0.25) is 14.8 Å². The third-order valence-electron chi connectivity index (χ3n) is 6.03. The molecule has 0 saturated heterocycles. The second-order valence-electron chi connectivity index (χ2n) is 8.61. The average molecular weight is 507 g/mol. The number of aliphatic imine (C=N–C) groups is 1. The fraction of sp³-hybridized carbons (Fsp3) is 0.400. The Kier molecular flexibility index (Phi) is 8.21. The van der Waals surface area contributed by atoms with E-state index in [4.69, 9.17) is 14.7 Å². The molecule has 0 amide bonds. The molecule has 0 bridgehead atoms. The van der Waals surface area contributed by atoms with Crippen molar-refractivity contribution in [2.24, 2.45) is 4.99 Å². The topological polar surface area (TPSA) is 118 Å². The zero-order chi connectivity index (χ0) is 25.7. The van der Waals surface area contributed by atoms with Crippen LogP contribution in [0.4, 0.5) is 11.5 Å². The zero-order valence-corrected chi connectivity index (χ0v) is 21.7. The lowest BCUT2D eigenvalue weighted by Crippen LogP contribution is -2.45. The number of hydrogen-bond donors (Lipinski definition) is 2. The molecule has 1 fully saturated rings. The SMILES string of the molecule is CCC(C)N(NCc1ccc(S)cn1)c1nc(-c2c(OC)ncnc2C2CC2)nc(C)c1N=CC=O. The largest absolute Gasteiger partial charge is 0.480 e. The summed E-state index contributed by atoms with van der Waals surface area (Å²) < 4.78 is 5.59. The van der Waals surface area contributed by atoms with E-state index in [-0.39, 0.29) is 6.04 Å². The molecule has 0 aliphatic heterocycles. The molecule has 1 saturated carbocycles. The molecule has 1 aliphatic carbocycles. The number of aldehydes is 1. The lowest BCUT2D eigenvalue weighted by molar-refractivity contribution is -0.102. The monoisotopic (exact) mass is 506 g/mol. The number of methoxy groups -OCH3 is 1. The van der Waals surface area contributed by atoms with Crippen LogP contribution in [0.25, 0.3) is 11.4 Å². The van der Waals surface area contributed by atoms with Gasteiger partial charge in [0, 0.05) is 23.1 Å². The highest BCUT2D eigenvalue weighted by Gasteiger charge is 2.32. The molecule has 3 aromatic rings. The van der Waals surface area contributed by atoms with E-state index in [2.05, 4.69) is 51.8 Å². The number of carbonyl (C=O) groups is 1.